The van der Waals surface area contributed by atoms with Crippen LogP contribution in [0, 0.1) is 6.92 Å². The Hall–Kier alpha value is -2.75. The van der Waals surface area contributed by atoms with E-state index in [0.717, 1.165) is 33.4 Å². The Balaban J connectivity index is 2.11. The minimum Gasteiger partial charge on any atom is -0.460 e. The first-order valence-electron chi connectivity index (χ1n) is 6.45. The Kier molecular flexibility index (Phi) is 2.15. The SMILES string of the molecule is Cc1ccccc1-c1nc2c3occc3ccn2c1N. The Bertz CT molecular complexity index is 933. The molecule has 4 nitrogen and oxygen atoms in total. The molecule has 2 N–H and O–H groups in total. The van der Waals surface area contributed by atoms with Gasteiger partial charge in [0.15, 0.2) is 11.2 Å². The van der Waals surface area contributed by atoms with Crippen molar-refractivity contribution in [2.75, 3.05) is 5.73 Å². The van der Waals surface area contributed by atoms with Gasteiger partial charge in [0.2, 0.25) is 0 Å². The van der Waals surface area contributed by atoms with Crippen LogP contribution in [-0.2, 0) is 0 Å². The largest absolute Gasteiger partial charge is 0.460 e. The van der Waals surface area contributed by atoms with E-state index in [0.29, 0.717) is 5.82 Å². The van der Waals surface area contributed by atoms with E-state index in [4.69, 9.17) is 10.2 Å². The lowest BCUT2D eigenvalue weighted by atomic mass is 10.1. The monoisotopic (exact) mass is 263 g/mol. The molecule has 0 fully saturated rings. The zero-order chi connectivity index (χ0) is 13.7. The van der Waals surface area contributed by atoms with E-state index in [1.165, 1.54) is 0 Å². The van der Waals surface area contributed by atoms with Gasteiger partial charge in [-0.1, -0.05) is 24.3 Å². The number of nitrogens with zero attached hydrogens (tertiary/aromatic N) is 2. The van der Waals surface area contributed by atoms with Crippen molar-refractivity contribution >= 4 is 22.4 Å². The van der Waals surface area contributed by atoms with Gasteiger partial charge in [-0.2, -0.15) is 0 Å². The molecule has 0 atom stereocenters. The molecule has 0 aliphatic heterocycles. The molecule has 0 aliphatic carbocycles. The summed E-state index contributed by atoms with van der Waals surface area (Å²) in [5.41, 5.74) is 10.8. The minimum atomic E-state index is 0.632. The molecule has 3 heterocycles. The molecule has 0 saturated carbocycles. The number of fused-ring (bicyclic) bond motifs is 3. The molecule has 0 saturated heterocycles. The molecule has 0 amide bonds. The number of rotatable bonds is 1. The van der Waals surface area contributed by atoms with Crippen LogP contribution >= 0.6 is 0 Å². The third-order valence-corrected chi connectivity index (χ3v) is 3.65. The number of hydrogen-bond donors (Lipinski definition) is 1. The second-order valence-electron chi connectivity index (χ2n) is 4.87. The first-order chi connectivity index (χ1) is 9.75. The van der Waals surface area contributed by atoms with Gasteiger partial charge in [0.25, 0.3) is 0 Å². The molecule has 20 heavy (non-hydrogen) atoms. The lowest BCUT2D eigenvalue weighted by Crippen LogP contribution is -1.94. The molecule has 4 heteroatoms. The number of pyridine rings is 1. The van der Waals surface area contributed by atoms with Crippen LogP contribution in [0.4, 0.5) is 5.82 Å². The van der Waals surface area contributed by atoms with Crippen molar-refractivity contribution in [3.05, 3.63) is 54.4 Å². The third-order valence-electron chi connectivity index (χ3n) is 3.65. The molecule has 98 valence electrons. The number of anilines is 1. The van der Waals surface area contributed by atoms with Gasteiger partial charge >= 0.3 is 0 Å². The predicted octanol–water partition coefficient (Wildman–Crippen LogP) is 3.64. The topological polar surface area (TPSA) is 56.5 Å². The van der Waals surface area contributed by atoms with Gasteiger partial charge in [0, 0.05) is 17.1 Å². The van der Waals surface area contributed by atoms with E-state index in [1.807, 2.05) is 40.9 Å². The first-order valence-corrected chi connectivity index (χ1v) is 6.45. The van der Waals surface area contributed by atoms with Gasteiger partial charge in [-0.3, -0.25) is 4.40 Å². The highest BCUT2D eigenvalue weighted by Gasteiger charge is 2.15. The highest BCUT2D eigenvalue weighted by Crippen LogP contribution is 2.31. The molecule has 1 aromatic carbocycles. The summed E-state index contributed by atoms with van der Waals surface area (Å²) in [5.74, 6) is 0.632. The molecule has 4 rings (SSSR count). The Morgan fingerprint density at radius 1 is 1.15 bits per heavy atom. The average Bonchev–Trinajstić information content (AvgIpc) is 3.04. The number of benzene rings is 1. The number of furan rings is 1. The van der Waals surface area contributed by atoms with Crippen molar-refractivity contribution in [1.29, 1.82) is 0 Å². The highest BCUT2D eigenvalue weighted by atomic mass is 16.3. The molecule has 0 aliphatic rings. The normalized spacial score (nSPS) is 11.4. The maximum atomic E-state index is 6.26. The predicted molar refractivity (Wildman–Crippen MR) is 79.5 cm³/mol. The van der Waals surface area contributed by atoms with Gasteiger partial charge in [0.1, 0.15) is 11.5 Å². The van der Waals surface area contributed by atoms with Crippen molar-refractivity contribution in [2.45, 2.75) is 6.92 Å². The number of imidazole rings is 1. The smallest absolute Gasteiger partial charge is 0.183 e. The van der Waals surface area contributed by atoms with Gasteiger partial charge < -0.3 is 10.2 Å². The van der Waals surface area contributed by atoms with Crippen LogP contribution in [0.1, 0.15) is 5.56 Å². The second-order valence-corrected chi connectivity index (χ2v) is 4.87. The summed E-state index contributed by atoms with van der Waals surface area (Å²) >= 11 is 0. The second kappa shape index (κ2) is 3.87. The van der Waals surface area contributed by atoms with Gasteiger partial charge in [0.05, 0.1) is 6.26 Å². The Morgan fingerprint density at radius 2 is 2.00 bits per heavy atom. The summed E-state index contributed by atoms with van der Waals surface area (Å²) < 4.78 is 7.40. The van der Waals surface area contributed by atoms with Crippen LogP contribution in [0.15, 0.2) is 53.3 Å². The van der Waals surface area contributed by atoms with E-state index < -0.39 is 0 Å². The molecule has 3 aromatic heterocycles. The van der Waals surface area contributed by atoms with Gasteiger partial charge in [-0.05, 0) is 24.6 Å². The van der Waals surface area contributed by atoms with Gasteiger partial charge in [-0.25, -0.2) is 4.98 Å². The lowest BCUT2D eigenvalue weighted by molar-refractivity contribution is 0.617. The van der Waals surface area contributed by atoms with E-state index in [-0.39, 0.29) is 0 Å². The van der Waals surface area contributed by atoms with Crippen LogP contribution in [0.5, 0.6) is 0 Å². The highest BCUT2D eigenvalue weighted by molar-refractivity contribution is 5.92. The van der Waals surface area contributed by atoms with Crippen molar-refractivity contribution in [3.63, 3.8) is 0 Å². The van der Waals surface area contributed by atoms with Crippen LogP contribution in [0.3, 0.4) is 0 Å². The molecule has 0 bridgehead atoms. The molecule has 0 spiro atoms. The zero-order valence-electron chi connectivity index (χ0n) is 11.0. The molecular formula is C16H13N3O. The lowest BCUT2D eigenvalue weighted by Gasteiger charge is -2.02. The van der Waals surface area contributed by atoms with Crippen molar-refractivity contribution in [3.8, 4) is 11.3 Å². The van der Waals surface area contributed by atoms with Crippen LogP contribution in [0.2, 0.25) is 0 Å². The third kappa shape index (κ3) is 1.39. The number of aryl methyl sites for hydroxylation is 1. The summed E-state index contributed by atoms with van der Waals surface area (Å²) in [6.07, 6.45) is 3.60. The summed E-state index contributed by atoms with van der Waals surface area (Å²) in [4.78, 5) is 4.69. The summed E-state index contributed by atoms with van der Waals surface area (Å²) in [6.45, 7) is 2.06. The molecule has 4 aromatic rings. The Morgan fingerprint density at radius 3 is 2.85 bits per heavy atom. The van der Waals surface area contributed by atoms with E-state index >= 15 is 0 Å². The fraction of sp³-hybridized carbons (Fsp3) is 0.0625. The van der Waals surface area contributed by atoms with E-state index in [2.05, 4.69) is 18.0 Å². The summed E-state index contributed by atoms with van der Waals surface area (Å²) in [5, 5.41) is 1.03. The summed E-state index contributed by atoms with van der Waals surface area (Å²) in [6, 6.07) is 12.0. The van der Waals surface area contributed by atoms with Crippen molar-refractivity contribution < 1.29 is 4.42 Å². The molecule has 0 radical (unpaired) electrons. The van der Waals surface area contributed by atoms with E-state index in [9.17, 15) is 0 Å². The number of nitrogen functional groups attached to an aromatic ring is 1. The quantitative estimate of drug-likeness (QED) is 0.570. The van der Waals surface area contributed by atoms with Crippen LogP contribution in [-0.4, -0.2) is 9.38 Å². The summed E-state index contributed by atoms with van der Waals surface area (Å²) in [7, 11) is 0. The minimum absolute atomic E-state index is 0.632. The number of nitrogens with two attached hydrogens (primary N) is 1. The van der Waals surface area contributed by atoms with Gasteiger partial charge in [-0.15, -0.1) is 0 Å². The average molecular weight is 263 g/mol. The van der Waals surface area contributed by atoms with Crippen molar-refractivity contribution in [2.24, 2.45) is 0 Å². The standard InChI is InChI=1S/C16H13N3O/c1-10-4-2-3-5-12(10)13-15(17)19-8-6-11-7-9-20-14(11)16(19)18-13/h2-9H,17H2,1H3. The number of hydrogen-bond acceptors (Lipinski definition) is 3. The zero-order valence-corrected chi connectivity index (χ0v) is 11.0. The molecule has 0 unspecified atom stereocenters. The number of aromatic nitrogens is 2. The van der Waals surface area contributed by atoms with Crippen molar-refractivity contribution in [1.82, 2.24) is 9.38 Å². The Labute approximate surface area is 115 Å². The first kappa shape index (κ1) is 11.1. The van der Waals surface area contributed by atoms with E-state index in [1.54, 1.807) is 6.26 Å². The fourth-order valence-corrected chi connectivity index (χ4v) is 2.58. The van der Waals surface area contributed by atoms with Crippen LogP contribution < -0.4 is 5.73 Å². The maximum Gasteiger partial charge on any atom is 0.183 e. The van der Waals surface area contributed by atoms with Crippen LogP contribution in [0.25, 0.3) is 27.9 Å². The maximum absolute atomic E-state index is 6.26. The fourth-order valence-electron chi connectivity index (χ4n) is 2.58. The molecular weight excluding hydrogens is 250 g/mol.